The van der Waals surface area contributed by atoms with Crippen LogP contribution < -0.4 is 0 Å². The van der Waals surface area contributed by atoms with Gasteiger partial charge in [0.1, 0.15) is 0 Å². The predicted molar refractivity (Wildman–Crippen MR) is 56.2 cm³/mol. The zero-order valence-corrected chi connectivity index (χ0v) is 9.35. The summed E-state index contributed by atoms with van der Waals surface area (Å²) in [6.45, 7) is 7.49. The topological polar surface area (TPSA) is 23.5 Å². The lowest BCUT2D eigenvalue weighted by Gasteiger charge is -2.38. The Morgan fingerprint density at radius 3 is 2.77 bits per heavy atom. The first-order chi connectivity index (χ1) is 6.03. The van der Waals surface area contributed by atoms with Gasteiger partial charge in [-0.3, -0.25) is 0 Å². The fourth-order valence-corrected chi connectivity index (χ4v) is 2.14. The number of likely N-dealkylation sites (tertiary alicyclic amines) is 1. The number of β-amino-alcohol motifs (C(OH)–C–C–N with tert-alkyl or cyclic N) is 1. The van der Waals surface area contributed by atoms with Crippen LogP contribution in [-0.4, -0.2) is 41.6 Å². The van der Waals surface area contributed by atoms with Crippen LogP contribution in [0.4, 0.5) is 0 Å². The number of aliphatic hydroxyl groups is 1. The van der Waals surface area contributed by atoms with E-state index in [1.165, 1.54) is 12.8 Å². The van der Waals surface area contributed by atoms with E-state index in [1.54, 1.807) is 0 Å². The van der Waals surface area contributed by atoms with E-state index in [9.17, 15) is 5.11 Å². The van der Waals surface area contributed by atoms with E-state index < -0.39 is 0 Å². The minimum absolute atomic E-state index is 0.344. The molecule has 3 heteroatoms. The Morgan fingerprint density at radius 1 is 1.54 bits per heavy atom. The molecule has 0 aromatic carbocycles. The Labute approximate surface area is 85.9 Å². The monoisotopic (exact) mass is 205 g/mol. The number of rotatable bonds is 3. The zero-order valence-electron chi connectivity index (χ0n) is 8.59. The molecule has 1 saturated heterocycles. The molecule has 0 aromatic rings. The van der Waals surface area contributed by atoms with Crippen LogP contribution in [0.15, 0.2) is 0 Å². The van der Waals surface area contributed by atoms with Crippen LogP contribution in [0, 0.1) is 5.41 Å². The summed E-state index contributed by atoms with van der Waals surface area (Å²) >= 11 is 5.57. The summed E-state index contributed by atoms with van der Waals surface area (Å²) in [7, 11) is 0. The molecule has 1 N–H and O–H groups in total. The largest absolute Gasteiger partial charge is 0.391 e. The second-order valence-electron chi connectivity index (χ2n) is 4.81. The number of nitrogens with zero attached hydrogens (tertiary/aromatic N) is 1. The van der Waals surface area contributed by atoms with Crippen molar-refractivity contribution < 1.29 is 5.11 Å². The normalized spacial score (nSPS) is 25.8. The molecule has 0 radical (unpaired) electrons. The van der Waals surface area contributed by atoms with Gasteiger partial charge in [-0.25, -0.2) is 0 Å². The van der Waals surface area contributed by atoms with Gasteiger partial charge in [0.05, 0.1) is 6.10 Å². The molecule has 1 aliphatic heterocycles. The summed E-state index contributed by atoms with van der Waals surface area (Å²) in [4.78, 5) is 2.32. The van der Waals surface area contributed by atoms with Gasteiger partial charge in [0, 0.05) is 19.0 Å². The number of halogens is 1. The minimum Gasteiger partial charge on any atom is -0.391 e. The van der Waals surface area contributed by atoms with Gasteiger partial charge < -0.3 is 10.0 Å². The van der Waals surface area contributed by atoms with Crippen molar-refractivity contribution in [1.82, 2.24) is 4.90 Å². The van der Waals surface area contributed by atoms with Crippen LogP contribution in [0.1, 0.15) is 26.7 Å². The van der Waals surface area contributed by atoms with E-state index in [4.69, 9.17) is 11.6 Å². The molecule has 0 aliphatic carbocycles. The highest BCUT2D eigenvalue weighted by molar-refractivity contribution is 6.18. The van der Waals surface area contributed by atoms with Crippen molar-refractivity contribution in [2.75, 3.05) is 25.5 Å². The van der Waals surface area contributed by atoms with Crippen molar-refractivity contribution in [2.24, 2.45) is 5.41 Å². The first-order valence-electron chi connectivity index (χ1n) is 5.00. The molecule has 0 bridgehead atoms. The maximum absolute atomic E-state index is 9.41. The van der Waals surface area contributed by atoms with E-state index >= 15 is 0 Å². The summed E-state index contributed by atoms with van der Waals surface area (Å²) in [6.07, 6.45) is 2.17. The molecule has 1 aliphatic rings. The Hall–Kier alpha value is 0.210. The Bertz CT molecular complexity index is 161. The van der Waals surface area contributed by atoms with Gasteiger partial charge in [-0.05, 0) is 24.8 Å². The number of alkyl halides is 1. The van der Waals surface area contributed by atoms with Crippen LogP contribution in [0.25, 0.3) is 0 Å². The van der Waals surface area contributed by atoms with E-state index in [2.05, 4.69) is 18.7 Å². The van der Waals surface area contributed by atoms with E-state index in [0.29, 0.717) is 11.3 Å². The lowest BCUT2D eigenvalue weighted by Crippen LogP contribution is -2.43. The standard InChI is InChI=1S/C10H20ClNO/c1-10(2)4-3-5-12(8-10)7-9(13)6-11/h9,13H,3-8H2,1-2H3. The molecule has 1 fully saturated rings. The van der Waals surface area contributed by atoms with Crippen molar-refractivity contribution in [3.63, 3.8) is 0 Å². The highest BCUT2D eigenvalue weighted by Crippen LogP contribution is 2.28. The van der Waals surface area contributed by atoms with E-state index in [-0.39, 0.29) is 6.10 Å². The van der Waals surface area contributed by atoms with Crippen LogP contribution in [0.2, 0.25) is 0 Å². The van der Waals surface area contributed by atoms with Gasteiger partial charge in [-0.15, -0.1) is 11.6 Å². The summed E-state index contributed by atoms with van der Waals surface area (Å²) in [5, 5.41) is 9.41. The fourth-order valence-electron chi connectivity index (χ4n) is 2.05. The molecule has 1 rings (SSSR count). The smallest absolute Gasteiger partial charge is 0.0802 e. The molecule has 1 unspecified atom stereocenters. The molecule has 0 aromatic heterocycles. The van der Waals surface area contributed by atoms with Crippen LogP contribution in [0.3, 0.4) is 0 Å². The molecular weight excluding hydrogens is 186 g/mol. The van der Waals surface area contributed by atoms with Crippen LogP contribution >= 0.6 is 11.6 Å². The molecule has 78 valence electrons. The molecular formula is C10H20ClNO. The van der Waals surface area contributed by atoms with Crippen LogP contribution in [-0.2, 0) is 0 Å². The van der Waals surface area contributed by atoms with Gasteiger partial charge in [-0.2, -0.15) is 0 Å². The summed E-state index contributed by atoms with van der Waals surface area (Å²) in [5.41, 5.74) is 0.407. The highest BCUT2D eigenvalue weighted by Gasteiger charge is 2.26. The van der Waals surface area contributed by atoms with Gasteiger partial charge in [0.25, 0.3) is 0 Å². The SMILES string of the molecule is CC1(C)CCCN(CC(O)CCl)C1. The third kappa shape index (κ3) is 3.84. The molecule has 1 atom stereocenters. The molecule has 0 amide bonds. The second-order valence-corrected chi connectivity index (χ2v) is 5.12. The first kappa shape index (κ1) is 11.3. The maximum atomic E-state index is 9.41. The maximum Gasteiger partial charge on any atom is 0.0802 e. The predicted octanol–water partition coefficient (Wildman–Crippen LogP) is 1.71. The number of hydrogen-bond acceptors (Lipinski definition) is 2. The third-order valence-corrected chi connectivity index (χ3v) is 2.98. The second kappa shape index (κ2) is 4.63. The van der Waals surface area contributed by atoms with Crippen molar-refractivity contribution in [3.05, 3.63) is 0 Å². The highest BCUT2D eigenvalue weighted by atomic mass is 35.5. The number of aliphatic hydroxyl groups excluding tert-OH is 1. The van der Waals surface area contributed by atoms with Gasteiger partial charge in [0.2, 0.25) is 0 Å². The zero-order chi connectivity index (χ0) is 9.90. The van der Waals surface area contributed by atoms with Gasteiger partial charge >= 0.3 is 0 Å². The number of piperidine rings is 1. The molecule has 2 nitrogen and oxygen atoms in total. The lowest BCUT2D eigenvalue weighted by molar-refractivity contribution is 0.0688. The third-order valence-electron chi connectivity index (χ3n) is 2.63. The van der Waals surface area contributed by atoms with E-state index in [1.807, 2.05) is 0 Å². The first-order valence-corrected chi connectivity index (χ1v) is 5.53. The Kier molecular flexibility index (Phi) is 4.02. The summed E-state index contributed by atoms with van der Waals surface area (Å²) in [5.74, 6) is 0.344. The van der Waals surface area contributed by atoms with Crippen molar-refractivity contribution in [3.8, 4) is 0 Å². The van der Waals surface area contributed by atoms with Gasteiger partial charge in [0.15, 0.2) is 0 Å². The average Bonchev–Trinajstić information content (AvgIpc) is 2.02. The molecule has 0 spiro atoms. The minimum atomic E-state index is -0.365. The number of hydrogen-bond donors (Lipinski definition) is 1. The van der Waals surface area contributed by atoms with Crippen molar-refractivity contribution in [2.45, 2.75) is 32.8 Å². The average molecular weight is 206 g/mol. The van der Waals surface area contributed by atoms with Crippen molar-refractivity contribution >= 4 is 11.6 Å². The summed E-state index contributed by atoms with van der Waals surface area (Å²) in [6, 6.07) is 0. The quantitative estimate of drug-likeness (QED) is 0.710. The Morgan fingerprint density at radius 2 is 2.23 bits per heavy atom. The molecule has 0 saturated carbocycles. The van der Waals surface area contributed by atoms with Crippen molar-refractivity contribution in [1.29, 1.82) is 0 Å². The van der Waals surface area contributed by atoms with Gasteiger partial charge in [-0.1, -0.05) is 13.8 Å². The fraction of sp³-hybridized carbons (Fsp3) is 1.00. The lowest BCUT2D eigenvalue weighted by atomic mass is 9.84. The molecule has 1 heterocycles. The van der Waals surface area contributed by atoms with E-state index in [0.717, 1.165) is 19.6 Å². The Balaban J connectivity index is 2.34. The van der Waals surface area contributed by atoms with Crippen LogP contribution in [0.5, 0.6) is 0 Å². The molecule has 13 heavy (non-hydrogen) atoms. The summed E-state index contributed by atoms with van der Waals surface area (Å²) < 4.78 is 0.